The number of alkyl halides is 6. The highest BCUT2D eigenvalue weighted by Crippen LogP contribution is 2.39. The van der Waals surface area contributed by atoms with Gasteiger partial charge >= 0.3 is 18.4 Å². The predicted molar refractivity (Wildman–Crippen MR) is 152 cm³/mol. The Kier molecular flexibility index (Phi) is 9.55. The number of carbonyl (C=O) groups is 3. The first-order valence-electron chi connectivity index (χ1n) is 14.4. The van der Waals surface area contributed by atoms with Crippen LogP contribution in [0.3, 0.4) is 0 Å². The Morgan fingerprint density at radius 1 is 0.795 bits per heavy atom. The number of benzene rings is 2. The zero-order chi connectivity index (χ0) is 32.6. The minimum Gasteiger partial charge on any atom is -0.343 e. The van der Waals surface area contributed by atoms with Gasteiger partial charge in [-0.3, -0.25) is 14.5 Å². The SMILES string of the molecule is CC(=O)N1CCC(C(=O)N2CCC(N(C)C(=O)N(C)c3cc(C(F)(F)F)cc(C(F)(F)F)c3)C(c3ccc(C)cc3)C2)CC1. The lowest BCUT2D eigenvalue weighted by molar-refractivity contribution is -0.143. The molecule has 2 aliphatic heterocycles. The van der Waals surface area contributed by atoms with Gasteiger partial charge in [0.15, 0.2) is 0 Å². The smallest absolute Gasteiger partial charge is 0.343 e. The average Bonchev–Trinajstić information content (AvgIpc) is 2.98. The van der Waals surface area contributed by atoms with Crippen LogP contribution in [-0.4, -0.2) is 78.9 Å². The largest absolute Gasteiger partial charge is 0.416 e. The number of amides is 4. The van der Waals surface area contributed by atoms with E-state index in [1.807, 2.05) is 31.2 Å². The summed E-state index contributed by atoms with van der Waals surface area (Å²) in [5.41, 5.74) is -1.71. The van der Waals surface area contributed by atoms with E-state index in [4.69, 9.17) is 0 Å². The van der Waals surface area contributed by atoms with Crippen LogP contribution in [0, 0.1) is 12.8 Å². The number of urea groups is 1. The Labute approximate surface area is 252 Å². The van der Waals surface area contributed by atoms with Gasteiger partial charge in [-0.05, 0) is 49.9 Å². The number of hydrogen-bond donors (Lipinski definition) is 0. The molecule has 7 nitrogen and oxygen atoms in total. The van der Waals surface area contributed by atoms with Crippen molar-refractivity contribution >= 4 is 23.5 Å². The van der Waals surface area contributed by atoms with Crippen molar-refractivity contribution < 1.29 is 40.7 Å². The topological polar surface area (TPSA) is 64.2 Å². The maximum atomic E-state index is 13.6. The van der Waals surface area contributed by atoms with E-state index in [0.29, 0.717) is 51.0 Å². The summed E-state index contributed by atoms with van der Waals surface area (Å²) in [6.07, 6.45) is -8.65. The van der Waals surface area contributed by atoms with E-state index in [2.05, 4.69) is 0 Å². The minimum atomic E-state index is -5.05. The summed E-state index contributed by atoms with van der Waals surface area (Å²) in [5.74, 6) is -0.664. The molecule has 240 valence electrons. The molecule has 2 aromatic rings. The number of aryl methyl sites for hydroxylation is 1. The lowest BCUT2D eigenvalue weighted by Crippen LogP contribution is -2.55. The van der Waals surface area contributed by atoms with Crippen LogP contribution in [0.2, 0.25) is 0 Å². The number of nitrogens with zero attached hydrogens (tertiary/aromatic N) is 4. The third-order valence-corrected chi connectivity index (χ3v) is 8.73. The summed E-state index contributed by atoms with van der Waals surface area (Å²) >= 11 is 0. The van der Waals surface area contributed by atoms with Crippen LogP contribution in [0.5, 0.6) is 0 Å². The fourth-order valence-corrected chi connectivity index (χ4v) is 6.07. The normalized spacial score (nSPS) is 20.0. The van der Waals surface area contributed by atoms with Crippen molar-refractivity contribution in [1.29, 1.82) is 0 Å². The molecule has 0 N–H and O–H groups in total. The third-order valence-electron chi connectivity index (χ3n) is 8.73. The molecular formula is C31H36F6N4O3. The Morgan fingerprint density at radius 3 is 1.82 bits per heavy atom. The fourth-order valence-electron chi connectivity index (χ4n) is 6.07. The third kappa shape index (κ3) is 7.29. The fraction of sp³-hybridized carbons (Fsp3) is 0.516. The van der Waals surface area contributed by atoms with Crippen molar-refractivity contribution in [3.8, 4) is 0 Å². The van der Waals surface area contributed by atoms with Gasteiger partial charge in [0.25, 0.3) is 0 Å². The molecule has 0 aliphatic carbocycles. The molecule has 0 bridgehead atoms. The lowest BCUT2D eigenvalue weighted by Gasteiger charge is -2.45. The second-order valence-corrected chi connectivity index (χ2v) is 11.7. The number of anilines is 1. The van der Waals surface area contributed by atoms with Gasteiger partial charge in [-0.15, -0.1) is 0 Å². The zero-order valence-corrected chi connectivity index (χ0v) is 25.0. The highest BCUT2D eigenvalue weighted by Gasteiger charge is 2.41. The summed E-state index contributed by atoms with van der Waals surface area (Å²) < 4.78 is 80.9. The van der Waals surface area contributed by atoms with Crippen LogP contribution in [0.1, 0.15) is 54.4 Å². The summed E-state index contributed by atoms with van der Waals surface area (Å²) in [4.78, 5) is 44.5. The molecule has 0 spiro atoms. The summed E-state index contributed by atoms with van der Waals surface area (Å²) in [6.45, 7) is 5.01. The first-order valence-corrected chi connectivity index (χ1v) is 14.4. The number of likely N-dealkylation sites (tertiary alicyclic amines) is 2. The maximum Gasteiger partial charge on any atom is 0.416 e. The molecule has 0 radical (unpaired) electrons. The molecule has 13 heteroatoms. The van der Waals surface area contributed by atoms with Crippen LogP contribution >= 0.6 is 0 Å². The average molecular weight is 627 g/mol. The highest BCUT2D eigenvalue weighted by molar-refractivity contribution is 5.92. The molecule has 0 aromatic heterocycles. The molecule has 2 saturated heterocycles. The molecule has 44 heavy (non-hydrogen) atoms. The first-order chi connectivity index (χ1) is 20.5. The van der Waals surface area contributed by atoms with E-state index >= 15 is 0 Å². The molecule has 2 atom stereocenters. The second kappa shape index (κ2) is 12.7. The van der Waals surface area contributed by atoms with Crippen LogP contribution in [0.4, 0.5) is 36.8 Å². The van der Waals surface area contributed by atoms with Crippen LogP contribution in [0.25, 0.3) is 0 Å². The van der Waals surface area contributed by atoms with E-state index in [0.717, 1.165) is 23.1 Å². The Bertz CT molecular complexity index is 1340. The monoisotopic (exact) mass is 626 g/mol. The first kappa shape index (κ1) is 33.1. The van der Waals surface area contributed by atoms with Crippen molar-refractivity contribution in [2.75, 3.05) is 45.2 Å². The van der Waals surface area contributed by atoms with Gasteiger partial charge in [-0.25, -0.2) is 4.79 Å². The molecule has 4 amide bonds. The summed E-state index contributed by atoms with van der Waals surface area (Å²) in [6, 6.07) is 7.40. The Hall–Kier alpha value is -3.77. The number of carbonyl (C=O) groups excluding carboxylic acids is 3. The lowest BCUT2D eigenvalue weighted by atomic mass is 9.84. The van der Waals surface area contributed by atoms with E-state index in [1.165, 1.54) is 18.9 Å². The van der Waals surface area contributed by atoms with E-state index in [9.17, 15) is 40.7 Å². The molecule has 2 aromatic carbocycles. The summed E-state index contributed by atoms with van der Waals surface area (Å²) in [7, 11) is 2.61. The van der Waals surface area contributed by atoms with Gasteiger partial charge in [0.2, 0.25) is 11.8 Å². The predicted octanol–water partition coefficient (Wildman–Crippen LogP) is 6.16. The van der Waals surface area contributed by atoms with Gasteiger partial charge in [-0.2, -0.15) is 26.3 Å². The van der Waals surface area contributed by atoms with Gasteiger partial charge in [0, 0.05) is 70.8 Å². The number of halogens is 6. The quantitative estimate of drug-likeness (QED) is 0.382. The van der Waals surface area contributed by atoms with Gasteiger partial charge in [-0.1, -0.05) is 29.8 Å². The van der Waals surface area contributed by atoms with Gasteiger partial charge < -0.3 is 14.7 Å². The highest BCUT2D eigenvalue weighted by atomic mass is 19.4. The molecular weight excluding hydrogens is 590 g/mol. The maximum absolute atomic E-state index is 13.6. The minimum absolute atomic E-state index is 0.0235. The van der Waals surface area contributed by atoms with E-state index in [1.54, 1.807) is 9.80 Å². The Morgan fingerprint density at radius 2 is 1.32 bits per heavy atom. The van der Waals surface area contributed by atoms with E-state index in [-0.39, 0.29) is 36.3 Å². The van der Waals surface area contributed by atoms with E-state index < -0.39 is 41.2 Å². The van der Waals surface area contributed by atoms with Crippen molar-refractivity contribution in [3.05, 3.63) is 64.7 Å². The molecule has 4 rings (SSSR count). The molecule has 2 aliphatic rings. The van der Waals surface area contributed by atoms with Crippen LogP contribution in [-0.2, 0) is 21.9 Å². The standard InChI is InChI=1S/C31H36F6N4O3/c1-19-5-7-21(8-6-19)26-18-41(28(43)22-9-12-40(13-10-22)20(2)42)14-11-27(26)39(4)29(44)38(3)25-16-23(30(32,33)34)15-24(17-25)31(35,36)37/h5-8,15-17,22,26-27H,9-14,18H2,1-4H3. The number of piperidine rings is 2. The van der Waals surface area contributed by atoms with Crippen molar-refractivity contribution in [3.63, 3.8) is 0 Å². The molecule has 0 saturated carbocycles. The number of hydrogen-bond acceptors (Lipinski definition) is 3. The Balaban J connectivity index is 1.58. The zero-order valence-electron chi connectivity index (χ0n) is 25.0. The molecule has 2 fully saturated rings. The van der Waals surface area contributed by atoms with Crippen molar-refractivity contribution in [2.24, 2.45) is 5.92 Å². The second-order valence-electron chi connectivity index (χ2n) is 11.7. The number of rotatable bonds is 4. The molecule has 2 heterocycles. The van der Waals surface area contributed by atoms with Gasteiger partial charge in [0.1, 0.15) is 0 Å². The van der Waals surface area contributed by atoms with Crippen LogP contribution < -0.4 is 4.90 Å². The van der Waals surface area contributed by atoms with Crippen molar-refractivity contribution in [1.82, 2.24) is 14.7 Å². The molecule has 2 unspecified atom stereocenters. The summed E-state index contributed by atoms with van der Waals surface area (Å²) in [5, 5.41) is 0. The van der Waals surface area contributed by atoms with Crippen LogP contribution in [0.15, 0.2) is 42.5 Å². The van der Waals surface area contributed by atoms with Crippen molar-refractivity contribution in [2.45, 2.75) is 57.4 Å². The van der Waals surface area contributed by atoms with Gasteiger partial charge in [0.05, 0.1) is 11.1 Å². The number of likely N-dealkylation sites (N-methyl/N-ethyl adjacent to an activating group) is 1.